The highest BCUT2D eigenvalue weighted by molar-refractivity contribution is 5.73. The van der Waals surface area contributed by atoms with Crippen LogP contribution in [0.1, 0.15) is 61.3 Å². The number of piperazine rings is 1. The lowest BCUT2D eigenvalue weighted by Gasteiger charge is -2.36. The first-order valence-electron chi connectivity index (χ1n) is 10.3. The van der Waals surface area contributed by atoms with Gasteiger partial charge >= 0.3 is 0 Å². The number of carbonyl (C=O) groups excluding carboxylic acids is 1. The molecule has 5 nitrogen and oxygen atoms in total. The summed E-state index contributed by atoms with van der Waals surface area (Å²) in [7, 11) is 0. The first-order chi connectivity index (χ1) is 13.4. The Morgan fingerprint density at radius 1 is 1.14 bits per heavy atom. The maximum absolute atomic E-state index is 11.7. The quantitative estimate of drug-likeness (QED) is 0.790. The van der Waals surface area contributed by atoms with Crippen LogP contribution >= 0.6 is 0 Å². The molecule has 28 heavy (non-hydrogen) atoms. The van der Waals surface area contributed by atoms with Crippen molar-refractivity contribution in [2.24, 2.45) is 0 Å². The second-order valence-electron chi connectivity index (χ2n) is 7.94. The summed E-state index contributed by atoms with van der Waals surface area (Å²) in [6.45, 7) is 13.4. The first-order valence-corrected chi connectivity index (χ1v) is 10.3. The predicted octanol–water partition coefficient (Wildman–Crippen LogP) is 3.87. The van der Waals surface area contributed by atoms with Crippen LogP contribution in [-0.2, 0) is 11.2 Å². The summed E-state index contributed by atoms with van der Waals surface area (Å²) in [5, 5.41) is 0. The van der Waals surface area contributed by atoms with Crippen molar-refractivity contribution in [1.29, 1.82) is 0 Å². The van der Waals surface area contributed by atoms with Crippen molar-refractivity contribution in [2.75, 3.05) is 31.1 Å². The molecule has 3 rings (SSSR count). The molecule has 1 aromatic heterocycles. The van der Waals surface area contributed by atoms with Crippen LogP contribution in [-0.4, -0.2) is 47.0 Å². The molecule has 0 N–H and O–H groups in total. The van der Waals surface area contributed by atoms with Crippen LogP contribution in [0.5, 0.6) is 0 Å². The number of anilines is 1. The van der Waals surface area contributed by atoms with Crippen molar-refractivity contribution < 1.29 is 4.79 Å². The topological polar surface area (TPSA) is 49.3 Å². The maximum atomic E-state index is 11.7. The van der Waals surface area contributed by atoms with Gasteiger partial charge in [0, 0.05) is 56.7 Å². The molecule has 0 saturated carbocycles. The van der Waals surface area contributed by atoms with Crippen LogP contribution in [0, 0.1) is 13.8 Å². The number of carbonyl (C=O) groups is 1. The second-order valence-corrected chi connectivity index (χ2v) is 7.94. The van der Waals surface area contributed by atoms with Gasteiger partial charge in [0.2, 0.25) is 5.91 Å². The van der Waals surface area contributed by atoms with E-state index in [9.17, 15) is 4.79 Å². The van der Waals surface area contributed by atoms with Crippen molar-refractivity contribution in [3.05, 3.63) is 52.5 Å². The number of hydrogen-bond acceptors (Lipinski definition) is 4. The van der Waals surface area contributed by atoms with Gasteiger partial charge in [-0.15, -0.1) is 0 Å². The molecule has 1 aliphatic rings. The summed E-state index contributed by atoms with van der Waals surface area (Å²) in [5.41, 5.74) is 4.82. The summed E-state index contributed by atoms with van der Waals surface area (Å²) in [6.07, 6.45) is 1.85. The van der Waals surface area contributed by atoms with Gasteiger partial charge in [0.1, 0.15) is 11.6 Å². The summed E-state index contributed by atoms with van der Waals surface area (Å²) in [5.74, 6) is 2.47. The Kier molecular flexibility index (Phi) is 6.32. The van der Waals surface area contributed by atoms with Crippen molar-refractivity contribution in [3.8, 4) is 0 Å². The molecule has 1 aliphatic heterocycles. The molecule has 150 valence electrons. The zero-order valence-electron chi connectivity index (χ0n) is 17.8. The molecule has 2 aromatic rings. The van der Waals surface area contributed by atoms with Crippen LogP contribution in [0.25, 0.3) is 0 Å². The third kappa shape index (κ3) is 4.51. The summed E-state index contributed by atoms with van der Waals surface area (Å²) in [4.78, 5) is 25.8. The van der Waals surface area contributed by atoms with Crippen molar-refractivity contribution >= 4 is 11.7 Å². The van der Waals surface area contributed by atoms with E-state index >= 15 is 0 Å². The van der Waals surface area contributed by atoms with Gasteiger partial charge in [0.15, 0.2) is 0 Å². The van der Waals surface area contributed by atoms with Gasteiger partial charge in [-0.25, -0.2) is 9.97 Å². The average Bonchev–Trinajstić information content (AvgIpc) is 2.68. The van der Waals surface area contributed by atoms with Gasteiger partial charge in [-0.3, -0.25) is 4.79 Å². The molecule has 1 aromatic carbocycles. The van der Waals surface area contributed by atoms with Gasteiger partial charge in [0.25, 0.3) is 0 Å². The van der Waals surface area contributed by atoms with Gasteiger partial charge in [-0.1, -0.05) is 43.7 Å². The number of rotatable bonds is 5. The molecule has 1 fully saturated rings. The fraction of sp³-hybridized carbons (Fsp3) is 0.522. The lowest BCUT2D eigenvalue weighted by Crippen LogP contribution is -2.48. The third-order valence-corrected chi connectivity index (χ3v) is 5.75. The molecule has 1 amide bonds. The van der Waals surface area contributed by atoms with E-state index in [1.165, 1.54) is 16.7 Å². The zero-order valence-corrected chi connectivity index (χ0v) is 17.8. The fourth-order valence-corrected chi connectivity index (χ4v) is 3.73. The average molecular weight is 381 g/mol. The van der Waals surface area contributed by atoms with Gasteiger partial charge < -0.3 is 9.80 Å². The highest BCUT2D eigenvalue weighted by atomic mass is 16.2. The van der Waals surface area contributed by atoms with E-state index < -0.39 is 0 Å². The smallest absolute Gasteiger partial charge is 0.219 e. The predicted molar refractivity (Wildman–Crippen MR) is 114 cm³/mol. The normalized spacial score (nSPS) is 15.6. The van der Waals surface area contributed by atoms with Gasteiger partial charge in [-0.2, -0.15) is 0 Å². The lowest BCUT2D eigenvalue weighted by molar-refractivity contribution is -0.129. The minimum Gasteiger partial charge on any atom is -0.353 e. The van der Waals surface area contributed by atoms with E-state index in [4.69, 9.17) is 9.97 Å². The van der Waals surface area contributed by atoms with Gasteiger partial charge in [-0.05, 0) is 25.8 Å². The summed E-state index contributed by atoms with van der Waals surface area (Å²) < 4.78 is 0. The molecule has 2 heterocycles. The summed E-state index contributed by atoms with van der Waals surface area (Å²) >= 11 is 0. The van der Waals surface area contributed by atoms with Crippen molar-refractivity contribution in [1.82, 2.24) is 14.9 Å². The van der Waals surface area contributed by atoms with Crippen LogP contribution in [0.2, 0.25) is 0 Å². The molecule has 0 radical (unpaired) electrons. The first kappa shape index (κ1) is 20.3. The van der Waals surface area contributed by atoms with Crippen LogP contribution in [0.3, 0.4) is 0 Å². The highest BCUT2D eigenvalue weighted by Gasteiger charge is 2.24. The molecule has 0 spiro atoms. The Morgan fingerprint density at radius 2 is 1.86 bits per heavy atom. The van der Waals surface area contributed by atoms with Crippen LogP contribution in [0.15, 0.2) is 24.3 Å². The highest BCUT2D eigenvalue weighted by Crippen LogP contribution is 2.28. The Labute approximate surface area is 168 Å². The van der Waals surface area contributed by atoms with E-state index in [0.29, 0.717) is 5.92 Å². The van der Waals surface area contributed by atoms with E-state index in [0.717, 1.165) is 56.4 Å². The van der Waals surface area contributed by atoms with Crippen molar-refractivity contribution in [2.45, 2.75) is 53.4 Å². The van der Waals surface area contributed by atoms with Crippen molar-refractivity contribution in [3.63, 3.8) is 0 Å². The Morgan fingerprint density at radius 3 is 2.46 bits per heavy atom. The minimum absolute atomic E-state index is 0.152. The monoisotopic (exact) mass is 380 g/mol. The molecule has 0 unspecified atom stereocenters. The summed E-state index contributed by atoms with van der Waals surface area (Å²) in [6, 6.07) is 8.65. The number of nitrogens with zero attached hydrogens (tertiary/aromatic N) is 4. The zero-order chi connectivity index (χ0) is 20.3. The number of hydrogen-bond donors (Lipinski definition) is 0. The third-order valence-electron chi connectivity index (χ3n) is 5.75. The molecule has 0 aliphatic carbocycles. The molecule has 1 saturated heterocycles. The van der Waals surface area contributed by atoms with Crippen LogP contribution < -0.4 is 4.90 Å². The number of benzene rings is 1. The van der Waals surface area contributed by atoms with Gasteiger partial charge in [0.05, 0.1) is 0 Å². The molecule has 5 heteroatoms. The fourth-order valence-electron chi connectivity index (χ4n) is 3.73. The second kappa shape index (κ2) is 8.72. The standard InChI is InChI=1S/C23H32N4O/c1-6-17(3)22-24-18(4)21(15-20-9-7-8-16(2)14-20)23(25-22)27-12-10-26(11-13-27)19(5)28/h7-9,14,17H,6,10-13,15H2,1-5H3/t17-/m0/s1. The Bertz CT molecular complexity index is 840. The van der Waals surface area contributed by atoms with Crippen LogP contribution in [0.4, 0.5) is 5.82 Å². The SMILES string of the molecule is CC[C@H](C)c1nc(C)c(Cc2cccc(C)c2)c(N2CCN(C(C)=O)CC2)n1. The maximum Gasteiger partial charge on any atom is 0.219 e. The minimum atomic E-state index is 0.152. The number of amides is 1. The van der Waals surface area contributed by atoms with E-state index in [1.54, 1.807) is 6.92 Å². The molecular weight excluding hydrogens is 348 g/mol. The Hall–Kier alpha value is -2.43. The lowest BCUT2D eigenvalue weighted by atomic mass is 10.0. The molecular formula is C23H32N4O. The Balaban J connectivity index is 1.97. The van der Waals surface area contributed by atoms with E-state index in [-0.39, 0.29) is 5.91 Å². The number of aryl methyl sites for hydroxylation is 2. The van der Waals surface area contributed by atoms with E-state index in [1.807, 2.05) is 4.90 Å². The molecule has 1 atom stereocenters. The van der Waals surface area contributed by atoms with E-state index in [2.05, 4.69) is 56.9 Å². The number of aromatic nitrogens is 2. The molecule has 0 bridgehead atoms. The largest absolute Gasteiger partial charge is 0.353 e.